The summed E-state index contributed by atoms with van der Waals surface area (Å²) < 4.78 is 1.72. The topological polar surface area (TPSA) is 102 Å². The highest BCUT2D eigenvalue weighted by atomic mass is 16.2. The molecule has 2 amide bonds. The minimum atomic E-state index is -0.167. The highest BCUT2D eigenvalue weighted by Crippen LogP contribution is 2.40. The van der Waals surface area contributed by atoms with Gasteiger partial charge in [0.1, 0.15) is 0 Å². The molecule has 5 rings (SSSR count). The molecule has 2 N–H and O–H groups in total. The number of pyridine rings is 2. The first-order valence-corrected chi connectivity index (χ1v) is 12.0. The van der Waals surface area contributed by atoms with Crippen LogP contribution in [0.25, 0.3) is 16.9 Å². The molecule has 3 aromatic heterocycles. The molecule has 0 radical (unpaired) electrons. The van der Waals surface area contributed by atoms with Gasteiger partial charge in [-0.2, -0.15) is 9.78 Å². The minimum Gasteiger partial charge on any atom is -0.354 e. The number of carbonyl (C=O) groups is 2. The fourth-order valence-corrected chi connectivity index (χ4v) is 4.68. The van der Waals surface area contributed by atoms with Gasteiger partial charge in [0.15, 0.2) is 11.5 Å². The number of aryl methyl sites for hydroxylation is 1. The lowest BCUT2D eigenvalue weighted by Gasteiger charge is -2.20. The number of rotatable bonds is 7. The smallest absolute Gasteiger partial charge is 0.252 e. The summed E-state index contributed by atoms with van der Waals surface area (Å²) in [5, 5.41) is 11.4. The van der Waals surface area contributed by atoms with Crippen LogP contribution in [0, 0.1) is 12.8 Å². The zero-order valence-corrected chi connectivity index (χ0v) is 19.0. The largest absolute Gasteiger partial charge is 0.354 e. The normalized spacial score (nSPS) is 16.6. The molecule has 0 unspecified atom stereocenters. The van der Waals surface area contributed by atoms with Crippen molar-refractivity contribution in [2.75, 3.05) is 13.1 Å². The summed E-state index contributed by atoms with van der Waals surface area (Å²) in [6, 6.07) is 7.56. The molecule has 0 aliphatic heterocycles. The Labute approximate surface area is 193 Å². The van der Waals surface area contributed by atoms with Crippen molar-refractivity contribution in [2.24, 2.45) is 5.92 Å². The predicted molar refractivity (Wildman–Crippen MR) is 125 cm³/mol. The van der Waals surface area contributed by atoms with Gasteiger partial charge in [0.25, 0.3) is 5.91 Å². The van der Waals surface area contributed by atoms with Crippen LogP contribution in [-0.4, -0.2) is 44.7 Å². The second-order valence-corrected chi connectivity index (χ2v) is 9.13. The molecule has 2 fully saturated rings. The number of hydrogen-bond donors (Lipinski definition) is 2. The van der Waals surface area contributed by atoms with E-state index >= 15 is 0 Å². The van der Waals surface area contributed by atoms with Crippen LogP contribution in [0.5, 0.6) is 0 Å². The molecule has 0 spiro atoms. The Morgan fingerprint density at radius 2 is 1.85 bits per heavy atom. The van der Waals surface area contributed by atoms with Crippen LogP contribution in [0.4, 0.5) is 0 Å². The molecule has 33 heavy (non-hydrogen) atoms. The Morgan fingerprint density at radius 3 is 2.58 bits per heavy atom. The van der Waals surface area contributed by atoms with Crippen LogP contribution in [0.1, 0.15) is 72.6 Å². The van der Waals surface area contributed by atoms with Gasteiger partial charge in [0, 0.05) is 36.8 Å². The summed E-state index contributed by atoms with van der Waals surface area (Å²) in [6.45, 7) is 2.70. The molecule has 3 aromatic rings. The predicted octanol–water partition coefficient (Wildman–Crippen LogP) is 3.43. The Morgan fingerprint density at radius 1 is 1.06 bits per heavy atom. The SMILES string of the molecule is Cc1nn(-c2ccccn2)c2nc(C3CC3)cc(C(=O)NCCNC(=O)C3CCCCC3)c12. The Balaban J connectivity index is 1.34. The van der Waals surface area contributed by atoms with Gasteiger partial charge in [-0.05, 0) is 50.8 Å². The van der Waals surface area contributed by atoms with E-state index in [-0.39, 0.29) is 17.7 Å². The summed E-state index contributed by atoms with van der Waals surface area (Å²) in [5.74, 6) is 1.13. The van der Waals surface area contributed by atoms with E-state index in [1.54, 1.807) is 10.9 Å². The summed E-state index contributed by atoms with van der Waals surface area (Å²) in [6.07, 6.45) is 9.31. The first-order chi connectivity index (χ1) is 16.1. The highest BCUT2D eigenvalue weighted by Gasteiger charge is 2.29. The molecule has 172 valence electrons. The molecular formula is C25H30N6O2. The van der Waals surface area contributed by atoms with E-state index in [2.05, 4.69) is 20.7 Å². The van der Waals surface area contributed by atoms with Crippen molar-refractivity contribution in [3.8, 4) is 5.82 Å². The first kappa shape index (κ1) is 21.6. The lowest BCUT2D eigenvalue weighted by molar-refractivity contribution is -0.125. The lowest BCUT2D eigenvalue weighted by Crippen LogP contribution is -2.38. The van der Waals surface area contributed by atoms with Crippen LogP contribution < -0.4 is 10.6 Å². The zero-order valence-electron chi connectivity index (χ0n) is 19.0. The van der Waals surface area contributed by atoms with Crippen molar-refractivity contribution < 1.29 is 9.59 Å². The third-order valence-electron chi connectivity index (χ3n) is 6.62. The number of aromatic nitrogens is 4. The maximum atomic E-state index is 13.2. The van der Waals surface area contributed by atoms with E-state index in [1.807, 2.05) is 31.2 Å². The van der Waals surface area contributed by atoms with Gasteiger partial charge in [-0.1, -0.05) is 25.3 Å². The molecule has 2 saturated carbocycles. The van der Waals surface area contributed by atoms with Crippen LogP contribution >= 0.6 is 0 Å². The standard InChI is InChI=1S/C25H30N6O2/c1-16-22-19(25(33)28-14-13-27-24(32)18-7-3-2-4-8-18)15-20(17-10-11-17)29-23(22)31(30-16)21-9-5-6-12-26-21/h5-6,9,12,15,17-18H,2-4,7-8,10-11,13-14H2,1H3,(H,27,32)(H,28,33). The highest BCUT2D eigenvalue weighted by molar-refractivity contribution is 6.06. The molecule has 0 aromatic carbocycles. The van der Waals surface area contributed by atoms with Crippen LogP contribution in [0.3, 0.4) is 0 Å². The number of nitrogens with zero attached hydrogens (tertiary/aromatic N) is 4. The molecule has 2 aliphatic rings. The van der Waals surface area contributed by atoms with Crippen molar-refractivity contribution >= 4 is 22.8 Å². The van der Waals surface area contributed by atoms with Gasteiger partial charge in [0.05, 0.1) is 16.6 Å². The van der Waals surface area contributed by atoms with Gasteiger partial charge >= 0.3 is 0 Å². The van der Waals surface area contributed by atoms with Gasteiger partial charge in [-0.15, -0.1) is 0 Å². The van der Waals surface area contributed by atoms with E-state index in [0.717, 1.165) is 55.3 Å². The fourth-order valence-electron chi connectivity index (χ4n) is 4.68. The summed E-state index contributed by atoms with van der Waals surface area (Å²) in [7, 11) is 0. The maximum Gasteiger partial charge on any atom is 0.252 e. The summed E-state index contributed by atoms with van der Waals surface area (Å²) >= 11 is 0. The Bertz CT molecular complexity index is 1160. The van der Waals surface area contributed by atoms with E-state index in [4.69, 9.17) is 4.98 Å². The molecule has 0 bridgehead atoms. The number of carbonyl (C=O) groups excluding carboxylic acids is 2. The van der Waals surface area contributed by atoms with E-state index in [0.29, 0.717) is 36.0 Å². The zero-order chi connectivity index (χ0) is 22.8. The molecule has 8 nitrogen and oxygen atoms in total. The monoisotopic (exact) mass is 446 g/mol. The van der Waals surface area contributed by atoms with Crippen molar-refractivity contribution in [1.82, 2.24) is 30.4 Å². The lowest BCUT2D eigenvalue weighted by atomic mass is 9.89. The Hall–Kier alpha value is -3.29. The number of fused-ring (bicyclic) bond motifs is 1. The fraction of sp³-hybridized carbons (Fsp3) is 0.480. The van der Waals surface area contributed by atoms with Gasteiger partial charge in [-0.25, -0.2) is 9.97 Å². The van der Waals surface area contributed by atoms with Crippen LogP contribution in [0.15, 0.2) is 30.5 Å². The second kappa shape index (κ2) is 9.29. The van der Waals surface area contributed by atoms with E-state index in [9.17, 15) is 9.59 Å². The van der Waals surface area contributed by atoms with E-state index in [1.165, 1.54) is 6.42 Å². The van der Waals surface area contributed by atoms with Gasteiger partial charge in [-0.3, -0.25) is 9.59 Å². The van der Waals surface area contributed by atoms with Crippen molar-refractivity contribution in [2.45, 2.75) is 57.8 Å². The third-order valence-corrected chi connectivity index (χ3v) is 6.62. The van der Waals surface area contributed by atoms with Crippen molar-refractivity contribution in [3.63, 3.8) is 0 Å². The number of amides is 2. The average Bonchev–Trinajstić information content (AvgIpc) is 3.65. The molecule has 2 aliphatic carbocycles. The minimum absolute atomic E-state index is 0.110. The molecular weight excluding hydrogens is 416 g/mol. The summed E-state index contributed by atoms with van der Waals surface area (Å²) in [4.78, 5) is 34.8. The first-order valence-electron chi connectivity index (χ1n) is 12.0. The average molecular weight is 447 g/mol. The molecule has 8 heteroatoms. The molecule has 0 atom stereocenters. The van der Waals surface area contributed by atoms with Gasteiger partial charge < -0.3 is 10.6 Å². The number of nitrogens with one attached hydrogen (secondary N) is 2. The Kier molecular flexibility index (Phi) is 6.07. The van der Waals surface area contributed by atoms with Crippen molar-refractivity contribution in [1.29, 1.82) is 0 Å². The van der Waals surface area contributed by atoms with Crippen LogP contribution in [-0.2, 0) is 4.79 Å². The number of hydrogen-bond acceptors (Lipinski definition) is 5. The van der Waals surface area contributed by atoms with Crippen LogP contribution in [0.2, 0.25) is 0 Å². The van der Waals surface area contributed by atoms with Crippen molar-refractivity contribution in [3.05, 3.63) is 47.4 Å². The van der Waals surface area contributed by atoms with E-state index < -0.39 is 0 Å². The quantitative estimate of drug-likeness (QED) is 0.542. The molecule has 3 heterocycles. The van der Waals surface area contributed by atoms with Gasteiger partial charge in [0.2, 0.25) is 5.91 Å². The second-order valence-electron chi connectivity index (χ2n) is 9.13. The summed E-state index contributed by atoms with van der Waals surface area (Å²) in [5.41, 5.74) is 2.91. The maximum absolute atomic E-state index is 13.2. The molecule has 0 saturated heterocycles. The third kappa shape index (κ3) is 4.60.